The van der Waals surface area contributed by atoms with Gasteiger partial charge in [0.15, 0.2) is 0 Å². The summed E-state index contributed by atoms with van der Waals surface area (Å²) in [5.74, 6) is 0.619. The number of anilines is 1. The zero-order valence-corrected chi connectivity index (χ0v) is 16.1. The molecule has 1 saturated heterocycles. The summed E-state index contributed by atoms with van der Waals surface area (Å²) in [7, 11) is 1.58. The first kappa shape index (κ1) is 19.7. The van der Waals surface area contributed by atoms with E-state index in [0.29, 0.717) is 17.4 Å². The first-order valence-electron chi connectivity index (χ1n) is 9.31. The molecule has 1 aliphatic rings. The summed E-state index contributed by atoms with van der Waals surface area (Å²) in [6.07, 6.45) is 2.13. The lowest BCUT2D eigenvalue weighted by atomic mass is 9.99. The van der Waals surface area contributed by atoms with Gasteiger partial charge < -0.3 is 14.4 Å². The van der Waals surface area contributed by atoms with Crippen LogP contribution in [0.3, 0.4) is 0 Å². The first-order valence-corrected chi connectivity index (χ1v) is 9.31. The second kappa shape index (κ2) is 8.73. The lowest BCUT2D eigenvalue weighted by Gasteiger charge is -2.32. The van der Waals surface area contributed by atoms with Crippen molar-refractivity contribution < 1.29 is 19.2 Å². The molecule has 1 heterocycles. The molecule has 1 fully saturated rings. The minimum atomic E-state index is -0.586. The molecule has 0 radical (unpaired) electrons. The zero-order valence-electron chi connectivity index (χ0n) is 16.1. The van der Waals surface area contributed by atoms with Crippen molar-refractivity contribution >= 4 is 17.3 Å². The summed E-state index contributed by atoms with van der Waals surface area (Å²) >= 11 is 0. The van der Waals surface area contributed by atoms with E-state index in [9.17, 15) is 14.9 Å². The average molecular weight is 384 g/mol. The Hall–Kier alpha value is -3.09. The number of nitrogens with zero attached hydrogens (tertiary/aromatic N) is 2. The molecule has 1 atom stereocenters. The number of rotatable bonds is 6. The summed E-state index contributed by atoms with van der Waals surface area (Å²) in [4.78, 5) is 25.5. The fourth-order valence-electron chi connectivity index (χ4n) is 3.43. The fraction of sp³-hybridized carbons (Fsp3) is 0.381. The summed E-state index contributed by atoms with van der Waals surface area (Å²) in [6.45, 7) is 3.79. The van der Waals surface area contributed by atoms with E-state index in [0.717, 1.165) is 31.5 Å². The Kier molecular flexibility index (Phi) is 6.13. The molecule has 1 aliphatic heterocycles. The third-order valence-electron chi connectivity index (χ3n) is 4.93. The predicted octanol–water partition coefficient (Wildman–Crippen LogP) is 4.20. The van der Waals surface area contributed by atoms with E-state index in [1.807, 2.05) is 4.90 Å². The van der Waals surface area contributed by atoms with Gasteiger partial charge in [0.1, 0.15) is 18.0 Å². The van der Waals surface area contributed by atoms with Gasteiger partial charge in [0.05, 0.1) is 17.6 Å². The average Bonchev–Trinajstić information content (AvgIpc) is 2.72. The Labute approximate surface area is 164 Å². The van der Waals surface area contributed by atoms with Gasteiger partial charge in [0.2, 0.25) is 0 Å². The van der Waals surface area contributed by atoms with Gasteiger partial charge in [0, 0.05) is 19.2 Å². The minimum absolute atomic E-state index is 0.0620. The van der Waals surface area contributed by atoms with E-state index in [1.54, 1.807) is 43.5 Å². The molecule has 1 unspecified atom stereocenters. The number of ether oxygens (including phenoxy) is 2. The van der Waals surface area contributed by atoms with Crippen LogP contribution in [0.25, 0.3) is 0 Å². The zero-order chi connectivity index (χ0) is 20.1. The molecule has 2 aromatic carbocycles. The number of hydrogen-bond acceptors (Lipinski definition) is 6. The fourth-order valence-corrected chi connectivity index (χ4v) is 3.43. The van der Waals surface area contributed by atoms with E-state index in [-0.39, 0.29) is 17.9 Å². The third-order valence-corrected chi connectivity index (χ3v) is 4.93. The molecule has 0 amide bonds. The van der Waals surface area contributed by atoms with Crippen LogP contribution < -0.4 is 9.64 Å². The lowest BCUT2D eigenvalue weighted by molar-refractivity contribution is -0.384. The van der Waals surface area contributed by atoms with Gasteiger partial charge >= 0.3 is 5.97 Å². The number of carbonyl (C=O) groups excluding carboxylic acids is 1. The SMILES string of the molecule is COc1ccc(COC(=O)c2ccc(N3CCCC(C)C3)c([N+](=O)[O-])c2)cc1. The molecule has 28 heavy (non-hydrogen) atoms. The molecule has 7 nitrogen and oxygen atoms in total. The maximum Gasteiger partial charge on any atom is 0.338 e. The third kappa shape index (κ3) is 4.60. The molecule has 0 aromatic heterocycles. The highest BCUT2D eigenvalue weighted by atomic mass is 16.6. The number of nitro benzene ring substituents is 1. The summed E-state index contributed by atoms with van der Waals surface area (Å²) < 4.78 is 10.4. The van der Waals surface area contributed by atoms with Crippen molar-refractivity contribution in [1.29, 1.82) is 0 Å². The normalized spacial score (nSPS) is 16.5. The van der Waals surface area contributed by atoms with Gasteiger partial charge in [-0.15, -0.1) is 0 Å². The smallest absolute Gasteiger partial charge is 0.338 e. The Morgan fingerprint density at radius 1 is 1.25 bits per heavy atom. The van der Waals surface area contributed by atoms with Crippen molar-refractivity contribution in [2.75, 3.05) is 25.1 Å². The van der Waals surface area contributed by atoms with Gasteiger partial charge in [-0.3, -0.25) is 10.1 Å². The number of nitro groups is 1. The van der Waals surface area contributed by atoms with E-state index in [2.05, 4.69) is 6.92 Å². The van der Waals surface area contributed by atoms with Crippen molar-refractivity contribution in [1.82, 2.24) is 0 Å². The maximum atomic E-state index is 12.4. The van der Waals surface area contributed by atoms with Crippen LogP contribution in [0.1, 0.15) is 35.7 Å². The van der Waals surface area contributed by atoms with Crippen molar-refractivity contribution in [3.63, 3.8) is 0 Å². The van der Waals surface area contributed by atoms with Crippen molar-refractivity contribution in [2.24, 2.45) is 5.92 Å². The molecule has 148 valence electrons. The lowest BCUT2D eigenvalue weighted by Crippen LogP contribution is -2.34. The van der Waals surface area contributed by atoms with Gasteiger partial charge in [-0.05, 0) is 48.6 Å². The summed E-state index contributed by atoms with van der Waals surface area (Å²) in [5, 5.41) is 11.6. The largest absolute Gasteiger partial charge is 0.497 e. The van der Waals surface area contributed by atoms with E-state index in [1.165, 1.54) is 6.07 Å². The second-order valence-corrected chi connectivity index (χ2v) is 7.08. The standard InChI is InChI=1S/C21H24N2O5/c1-15-4-3-11-22(13-15)19-10-7-17(12-20(19)23(25)26)21(24)28-14-16-5-8-18(27-2)9-6-16/h5-10,12,15H,3-4,11,13-14H2,1-2H3. The molecule has 2 aromatic rings. The Morgan fingerprint density at radius 3 is 2.64 bits per heavy atom. The van der Waals surface area contributed by atoms with Gasteiger partial charge in [-0.2, -0.15) is 0 Å². The van der Waals surface area contributed by atoms with E-state index in [4.69, 9.17) is 9.47 Å². The Morgan fingerprint density at radius 2 is 2.00 bits per heavy atom. The topological polar surface area (TPSA) is 81.9 Å². The van der Waals surface area contributed by atoms with Crippen LogP contribution in [0.15, 0.2) is 42.5 Å². The molecule has 7 heteroatoms. The highest BCUT2D eigenvalue weighted by Gasteiger charge is 2.25. The number of hydrogen-bond donors (Lipinski definition) is 0. The molecular weight excluding hydrogens is 360 g/mol. The Balaban J connectivity index is 1.73. The number of benzene rings is 2. The van der Waals surface area contributed by atoms with Crippen LogP contribution in [0.4, 0.5) is 11.4 Å². The highest BCUT2D eigenvalue weighted by Crippen LogP contribution is 2.32. The number of piperidine rings is 1. The van der Waals surface area contributed by atoms with Crippen molar-refractivity contribution in [2.45, 2.75) is 26.4 Å². The van der Waals surface area contributed by atoms with Crippen LogP contribution in [-0.2, 0) is 11.3 Å². The molecule has 3 rings (SSSR count). The van der Waals surface area contributed by atoms with Crippen LogP contribution in [0, 0.1) is 16.0 Å². The molecule has 0 saturated carbocycles. The molecule has 0 bridgehead atoms. The summed E-state index contributed by atoms with van der Waals surface area (Å²) in [5.41, 5.74) is 1.48. The summed E-state index contributed by atoms with van der Waals surface area (Å²) in [6, 6.07) is 11.7. The second-order valence-electron chi connectivity index (χ2n) is 7.08. The quantitative estimate of drug-likeness (QED) is 0.422. The van der Waals surface area contributed by atoms with Crippen molar-refractivity contribution in [3.05, 3.63) is 63.7 Å². The van der Waals surface area contributed by atoms with Gasteiger partial charge in [-0.25, -0.2) is 4.79 Å². The first-order chi connectivity index (χ1) is 13.5. The number of carbonyl (C=O) groups is 1. The highest BCUT2D eigenvalue weighted by molar-refractivity contribution is 5.91. The predicted molar refractivity (Wildman–Crippen MR) is 106 cm³/mol. The van der Waals surface area contributed by atoms with Crippen LogP contribution in [-0.4, -0.2) is 31.1 Å². The maximum absolute atomic E-state index is 12.4. The van der Waals surface area contributed by atoms with E-state index >= 15 is 0 Å². The number of esters is 1. The van der Waals surface area contributed by atoms with Gasteiger partial charge in [0.25, 0.3) is 5.69 Å². The number of methoxy groups -OCH3 is 1. The van der Waals surface area contributed by atoms with Crippen LogP contribution >= 0.6 is 0 Å². The molecule has 0 N–H and O–H groups in total. The van der Waals surface area contributed by atoms with Gasteiger partial charge in [-0.1, -0.05) is 19.1 Å². The molecule has 0 spiro atoms. The Bertz CT molecular complexity index is 850. The van der Waals surface area contributed by atoms with Crippen LogP contribution in [0.2, 0.25) is 0 Å². The van der Waals surface area contributed by atoms with E-state index < -0.39 is 10.9 Å². The minimum Gasteiger partial charge on any atom is -0.497 e. The van der Waals surface area contributed by atoms with Crippen LogP contribution in [0.5, 0.6) is 5.75 Å². The monoisotopic (exact) mass is 384 g/mol. The van der Waals surface area contributed by atoms with Crippen molar-refractivity contribution in [3.8, 4) is 5.75 Å². The molecular formula is C21H24N2O5. The molecule has 0 aliphatic carbocycles.